The van der Waals surface area contributed by atoms with Gasteiger partial charge in [-0.25, -0.2) is 9.59 Å². The molecule has 0 fully saturated rings. The number of benzene rings is 1. The predicted molar refractivity (Wildman–Crippen MR) is 112 cm³/mol. The number of hydrogen-bond acceptors (Lipinski definition) is 10. The molecule has 0 saturated carbocycles. The van der Waals surface area contributed by atoms with Crippen molar-refractivity contribution >= 4 is 41.2 Å². The third-order valence-electron chi connectivity index (χ3n) is 4.76. The minimum atomic E-state index is -0.953. The number of nitro benzene ring substituents is 1. The fourth-order valence-electron chi connectivity index (χ4n) is 3.33. The van der Waals surface area contributed by atoms with E-state index in [4.69, 9.17) is 13.9 Å². The average Bonchev–Trinajstić information content (AvgIpc) is 3.22. The maximum absolute atomic E-state index is 12.6. The molecule has 1 aromatic heterocycles. The molecular weight excluding hydrogens is 454 g/mol. The molecule has 0 radical (unpaired) electrons. The van der Waals surface area contributed by atoms with Gasteiger partial charge in [-0.15, -0.1) is 0 Å². The van der Waals surface area contributed by atoms with E-state index in [9.17, 15) is 34.1 Å². The summed E-state index contributed by atoms with van der Waals surface area (Å²) in [7, 11) is 0. The van der Waals surface area contributed by atoms with Crippen LogP contribution in [0.4, 0.5) is 11.6 Å². The Bertz CT molecular complexity index is 1230. The smallest absolute Gasteiger partial charge is 0.344 e. The number of non-ortho nitro benzene ring substituents is 1. The van der Waals surface area contributed by atoms with Gasteiger partial charge in [-0.3, -0.25) is 34.7 Å². The molecule has 34 heavy (non-hydrogen) atoms. The lowest BCUT2D eigenvalue weighted by molar-refractivity contribution is -0.384. The number of rotatable bonds is 8. The average molecular weight is 473 g/mol. The zero-order valence-electron chi connectivity index (χ0n) is 18.3. The number of fused-ring (bicyclic) bond motifs is 1. The van der Waals surface area contributed by atoms with Gasteiger partial charge < -0.3 is 13.9 Å². The third kappa shape index (κ3) is 4.35. The van der Waals surface area contributed by atoms with Crippen LogP contribution in [0.3, 0.4) is 0 Å². The predicted octanol–water partition coefficient (Wildman–Crippen LogP) is 2.08. The third-order valence-corrected chi connectivity index (χ3v) is 4.76. The Morgan fingerprint density at radius 1 is 1.03 bits per heavy atom. The molecule has 1 N–H and O–H groups in total. The second kappa shape index (κ2) is 9.52. The first kappa shape index (κ1) is 24.1. The highest BCUT2D eigenvalue weighted by Crippen LogP contribution is 2.30. The van der Waals surface area contributed by atoms with Crippen LogP contribution < -0.4 is 5.32 Å². The molecule has 2 heterocycles. The summed E-state index contributed by atoms with van der Waals surface area (Å²) in [4.78, 5) is 73.4. The van der Waals surface area contributed by atoms with E-state index in [2.05, 4.69) is 5.32 Å². The van der Waals surface area contributed by atoms with Crippen LogP contribution in [-0.2, 0) is 14.3 Å². The van der Waals surface area contributed by atoms with E-state index >= 15 is 0 Å². The van der Waals surface area contributed by atoms with Crippen molar-refractivity contribution in [3.8, 4) is 0 Å². The number of nitrogens with one attached hydrogen (secondary N) is 1. The van der Waals surface area contributed by atoms with Gasteiger partial charge in [0.1, 0.15) is 23.4 Å². The molecule has 0 unspecified atom stereocenters. The number of anilines is 1. The second-order valence-electron chi connectivity index (χ2n) is 6.91. The largest absolute Gasteiger partial charge is 0.462 e. The van der Waals surface area contributed by atoms with Crippen molar-refractivity contribution in [2.45, 2.75) is 20.8 Å². The first-order valence-corrected chi connectivity index (χ1v) is 10.0. The fraction of sp³-hybridized carbons (Fsp3) is 0.286. The van der Waals surface area contributed by atoms with Crippen LogP contribution in [-0.4, -0.2) is 59.2 Å². The summed E-state index contributed by atoms with van der Waals surface area (Å²) >= 11 is 0. The van der Waals surface area contributed by atoms with Crippen LogP contribution in [0.15, 0.2) is 22.6 Å². The number of hydrogen-bond donors (Lipinski definition) is 1. The van der Waals surface area contributed by atoms with Crippen molar-refractivity contribution in [1.29, 1.82) is 0 Å². The number of carbonyl (C=O) groups is 5. The summed E-state index contributed by atoms with van der Waals surface area (Å²) < 4.78 is 15.2. The standard InChI is InChI=1S/C21H19N3O10/c1-4-32-20(28)15-10(3)34-17(16(15)21(29)33-5-2)22-14(25)9-23-18(26)12-7-6-11(24(30)31)8-13(12)19(23)27/h6-8H,4-5,9H2,1-3H3,(H,22,25). The Labute approximate surface area is 191 Å². The van der Waals surface area contributed by atoms with Gasteiger partial charge in [0.2, 0.25) is 11.8 Å². The van der Waals surface area contributed by atoms with E-state index < -0.39 is 47.0 Å². The molecule has 0 aliphatic carbocycles. The van der Waals surface area contributed by atoms with Gasteiger partial charge in [0.15, 0.2) is 0 Å². The molecule has 13 heteroatoms. The number of nitrogens with zero attached hydrogens (tertiary/aromatic N) is 2. The molecule has 0 spiro atoms. The molecule has 3 amide bonds. The van der Waals surface area contributed by atoms with Gasteiger partial charge in [-0.05, 0) is 26.8 Å². The number of ether oxygens (including phenoxy) is 2. The summed E-state index contributed by atoms with van der Waals surface area (Å²) in [5, 5.41) is 13.2. The lowest BCUT2D eigenvalue weighted by atomic mass is 10.1. The van der Waals surface area contributed by atoms with E-state index in [0.29, 0.717) is 4.90 Å². The summed E-state index contributed by atoms with van der Waals surface area (Å²) in [6.07, 6.45) is 0. The van der Waals surface area contributed by atoms with Crippen molar-refractivity contribution in [3.05, 3.63) is 56.3 Å². The SMILES string of the molecule is CCOC(=O)c1c(C)oc(NC(=O)CN2C(=O)c3ccc([N+](=O)[O-])cc3C2=O)c1C(=O)OCC. The molecule has 2 aromatic rings. The normalized spacial score (nSPS) is 12.4. The molecule has 178 valence electrons. The fourth-order valence-corrected chi connectivity index (χ4v) is 3.33. The van der Waals surface area contributed by atoms with Gasteiger partial charge in [-0.1, -0.05) is 0 Å². The van der Waals surface area contributed by atoms with Crippen LogP contribution >= 0.6 is 0 Å². The summed E-state index contributed by atoms with van der Waals surface area (Å²) in [6, 6.07) is 3.15. The van der Waals surface area contributed by atoms with E-state index in [1.54, 1.807) is 13.8 Å². The monoisotopic (exact) mass is 473 g/mol. The molecule has 13 nitrogen and oxygen atoms in total. The first-order valence-electron chi connectivity index (χ1n) is 10.0. The van der Waals surface area contributed by atoms with Gasteiger partial charge in [0.05, 0.1) is 29.3 Å². The number of nitro groups is 1. The quantitative estimate of drug-likeness (QED) is 0.258. The van der Waals surface area contributed by atoms with Crippen LogP contribution in [0, 0.1) is 17.0 Å². The maximum Gasteiger partial charge on any atom is 0.344 e. The van der Waals surface area contributed by atoms with Gasteiger partial charge in [-0.2, -0.15) is 0 Å². The second-order valence-corrected chi connectivity index (χ2v) is 6.91. The Morgan fingerprint density at radius 2 is 1.62 bits per heavy atom. The van der Waals surface area contributed by atoms with Gasteiger partial charge in [0.25, 0.3) is 17.5 Å². The lowest BCUT2D eigenvalue weighted by Crippen LogP contribution is -2.37. The maximum atomic E-state index is 12.6. The van der Waals surface area contributed by atoms with Crippen molar-refractivity contribution in [2.24, 2.45) is 0 Å². The number of furan rings is 1. The summed E-state index contributed by atoms with van der Waals surface area (Å²) in [6.45, 7) is 3.69. The summed E-state index contributed by atoms with van der Waals surface area (Å²) in [5.74, 6) is -4.91. The van der Waals surface area contributed by atoms with Crippen LogP contribution in [0.5, 0.6) is 0 Å². The van der Waals surface area contributed by atoms with Crippen LogP contribution in [0.25, 0.3) is 0 Å². The molecule has 1 aliphatic heterocycles. The van der Waals surface area contributed by atoms with E-state index in [0.717, 1.165) is 18.2 Å². The minimum absolute atomic E-state index is 0.0192. The number of esters is 2. The molecule has 1 aliphatic rings. The highest BCUT2D eigenvalue weighted by molar-refractivity contribution is 6.23. The van der Waals surface area contributed by atoms with Crippen molar-refractivity contribution in [2.75, 3.05) is 25.1 Å². The highest BCUT2D eigenvalue weighted by atomic mass is 16.6. The zero-order chi connectivity index (χ0) is 25.2. The number of imide groups is 1. The van der Waals surface area contributed by atoms with Crippen molar-refractivity contribution < 1.29 is 42.8 Å². The number of amides is 3. The summed E-state index contributed by atoms with van der Waals surface area (Å²) in [5.41, 5.74) is -1.29. The lowest BCUT2D eigenvalue weighted by Gasteiger charge is -2.13. The van der Waals surface area contributed by atoms with E-state index in [1.807, 2.05) is 0 Å². The van der Waals surface area contributed by atoms with E-state index in [1.165, 1.54) is 6.92 Å². The number of carbonyl (C=O) groups excluding carboxylic acids is 5. The Hall–Kier alpha value is -4.55. The minimum Gasteiger partial charge on any atom is -0.462 e. The van der Waals surface area contributed by atoms with Crippen molar-refractivity contribution in [3.63, 3.8) is 0 Å². The van der Waals surface area contributed by atoms with Gasteiger partial charge >= 0.3 is 11.9 Å². The Balaban J connectivity index is 1.86. The van der Waals surface area contributed by atoms with Gasteiger partial charge in [0, 0.05) is 12.1 Å². The zero-order valence-corrected chi connectivity index (χ0v) is 18.3. The molecule has 3 rings (SSSR count). The first-order chi connectivity index (χ1) is 16.1. The molecule has 0 saturated heterocycles. The molecule has 1 aromatic carbocycles. The van der Waals surface area contributed by atoms with E-state index in [-0.39, 0.29) is 46.9 Å². The molecule has 0 atom stereocenters. The molecule has 0 bridgehead atoms. The number of aryl methyl sites for hydroxylation is 1. The van der Waals surface area contributed by atoms with Crippen LogP contribution in [0.1, 0.15) is 61.0 Å². The van der Waals surface area contributed by atoms with Crippen LogP contribution in [0.2, 0.25) is 0 Å². The molecular formula is C21H19N3O10. The Kier molecular flexibility index (Phi) is 6.75. The highest BCUT2D eigenvalue weighted by Gasteiger charge is 2.38. The van der Waals surface area contributed by atoms with Crippen molar-refractivity contribution in [1.82, 2.24) is 4.90 Å². The topological polar surface area (TPSA) is 175 Å². The Morgan fingerprint density at radius 3 is 2.21 bits per heavy atom.